The molecule has 6 heteroatoms. The van der Waals surface area contributed by atoms with E-state index in [-0.39, 0.29) is 13.2 Å². The summed E-state index contributed by atoms with van der Waals surface area (Å²) in [5.74, 6) is 0. The van der Waals surface area contributed by atoms with E-state index in [1.165, 1.54) is 86.5 Å². The van der Waals surface area contributed by atoms with Crippen molar-refractivity contribution in [3.05, 3.63) is 98.1 Å². The van der Waals surface area contributed by atoms with Crippen molar-refractivity contribution in [1.82, 2.24) is 0 Å². The first-order valence-electron chi connectivity index (χ1n) is 15.9. The number of pyridine rings is 4. The molecular formula is C36H50N4O2+4. The molecule has 0 aliphatic carbocycles. The predicted octanol–water partition coefficient (Wildman–Crippen LogP) is 4.76. The minimum absolute atomic E-state index is 0.164. The second-order valence-electron chi connectivity index (χ2n) is 11.3. The Balaban J connectivity index is 0.986. The fraction of sp³-hybridized carbons (Fsp3) is 0.444. The summed E-state index contributed by atoms with van der Waals surface area (Å²) in [6, 6.07) is 17.2. The molecule has 0 aliphatic heterocycles. The average molecular weight is 571 g/mol. The molecule has 0 aliphatic rings. The first-order chi connectivity index (χ1) is 20.7. The molecule has 4 heterocycles. The Morgan fingerprint density at radius 2 is 0.524 bits per heavy atom. The Hall–Kier alpha value is -3.48. The van der Waals surface area contributed by atoms with E-state index in [9.17, 15) is 0 Å². The van der Waals surface area contributed by atoms with Crippen molar-refractivity contribution < 1.29 is 28.5 Å². The molecule has 6 nitrogen and oxygen atoms in total. The predicted molar refractivity (Wildman–Crippen MR) is 165 cm³/mol. The highest BCUT2D eigenvalue weighted by Gasteiger charge is 2.07. The van der Waals surface area contributed by atoms with Crippen molar-refractivity contribution in [2.75, 3.05) is 13.2 Å². The molecule has 0 unspecified atom stereocenters. The lowest BCUT2D eigenvalue weighted by Gasteiger charge is -2.03. The van der Waals surface area contributed by atoms with Gasteiger partial charge in [0.15, 0.2) is 62.7 Å². The van der Waals surface area contributed by atoms with Crippen LogP contribution in [-0.2, 0) is 26.2 Å². The first-order valence-corrected chi connectivity index (χ1v) is 15.9. The van der Waals surface area contributed by atoms with Crippen molar-refractivity contribution in [3.8, 4) is 22.3 Å². The molecule has 0 saturated carbocycles. The number of rotatable bonds is 19. The zero-order valence-corrected chi connectivity index (χ0v) is 25.2. The van der Waals surface area contributed by atoms with Crippen LogP contribution >= 0.6 is 0 Å². The molecule has 0 radical (unpaired) electrons. The van der Waals surface area contributed by atoms with Crippen LogP contribution < -0.4 is 18.3 Å². The average Bonchev–Trinajstić information content (AvgIpc) is 3.03. The van der Waals surface area contributed by atoms with Gasteiger partial charge in [0.25, 0.3) is 0 Å². The third-order valence-corrected chi connectivity index (χ3v) is 8.03. The van der Waals surface area contributed by atoms with Crippen molar-refractivity contribution >= 4 is 0 Å². The Kier molecular flexibility index (Phi) is 13.6. The molecule has 0 bridgehead atoms. The van der Waals surface area contributed by atoms with Crippen molar-refractivity contribution in [3.63, 3.8) is 0 Å². The van der Waals surface area contributed by atoms with Gasteiger partial charge >= 0.3 is 0 Å². The fourth-order valence-corrected chi connectivity index (χ4v) is 5.43. The molecule has 0 spiro atoms. The SMILES string of the molecule is OCC[n+]1ccc(-c2cc[n+](CCCCCCCCCCCC[n+]3ccc(-c4cc[n+](CCO)cc4)cc3)cc2)cc1. The van der Waals surface area contributed by atoms with Gasteiger partial charge in [0.2, 0.25) is 0 Å². The Morgan fingerprint density at radius 3 is 0.762 bits per heavy atom. The number of hydrogen-bond donors (Lipinski definition) is 2. The molecule has 0 aromatic carbocycles. The molecule has 2 N–H and O–H groups in total. The lowest BCUT2D eigenvalue weighted by Crippen LogP contribution is -2.34. The summed E-state index contributed by atoms with van der Waals surface area (Å²) in [5, 5.41) is 18.1. The number of nitrogens with zero attached hydrogens (tertiary/aromatic N) is 4. The largest absolute Gasteiger partial charge is 0.390 e. The van der Waals surface area contributed by atoms with E-state index >= 15 is 0 Å². The summed E-state index contributed by atoms with van der Waals surface area (Å²) in [4.78, 5) is 0. The van der Waals surface area contributed by atoms with E-state index in [0.29, 0.717) is 13.1 Å². The summed E-state index contributed by atoms with van der Waals surface area (Å²) >= 11 is 0. The van der Waals surface area contributed by atoms with Gasteiger partial charge in [0.1, 0.15) is 26.3 Å². The zero-order chi connectivity index (χ0) is 29.2. The maximum atomic E-state index is 9.06. The van der Waals surface area contributed by atoms with Crippen LogP contribution in [0.2, 0.25) is 0 Å². The van der Waals surface area contributed by atoms with E-state index in [1.807, 2.05) is 33.9 Å². The van der Waals surface area contributed by atoms with Gasteiger partial charge in [0.05, 0.1) is 0 Å². The third-order valence-electron chi connectivity index (χ3n) is 8.03. The second-order valence-corrected chi connectivity index (χ2v) is 11.3. The Bertz CT molecular complexity index is 1170. The summed E-state index contributed by atoms with van der Waals surface area (Å²) in [5.41, 5.74) is 4.87. The highest BCUT2D eigenvalue weighted by atomic mass is 16.3. The van der Waals surface area contributed by atoms with Crippen LogP contribution in [0.3, 0.4) is 0 Å². The number of aliphatic hydroxyl groups excluding tert-OH is 2. The van der Waals surface area contributed by atoms with Crippen molar-refractivity contribution in [2.45, 2.75) is 90.4 Å². The second kappa shape index (κ2) is 18.1. The highest BCUT2D eigenvalue weighted by Crippen LogP contribution is 2.17. The number of aryl methyl sites for hydroxylation is 2. The standard InChI is InChI=1S/C36H50N4O2/c41-31-29-39-25-15-35(16-26-39)33-11-21-37(22-12-33)19-9-7-5-3-1-2-4-6-8-10-20-38-23-13-34(14-24-38)36-17-27-40(28-18-36)30-32-42/h11-18,21-28,41-42H,1-10,19-20,29-32H2/q+4. The third kappa shape index (κ3) is 10.7. The molecule has 0 fully saturated rings. The van der Waals surface area contributed by atoms with Crippen LogP contribution in [-0.4, -0.2) is 23.4 Å². The van der Waals surface area contributed by atoms with Crippen LogP contribution in [0, 0.1) is 0 Å². The van der Waals surface area contributed by atoms with Gasteiger partial charge in [-0.1, -0.05) is 38.5 Å². The van der Waals surface area contributed by atoms with Crippen LogP contribution in [0.15, 0.2) is 98.1 Å². The van der Waals surface area contributed by atoms with E-state index in [2.05, 4.69) is 82.5 Å². The van der Waals surface area contributed by atoms with E-state index in [1.54, 1.807) is 0 Å². The smallest absolute Gasteiger partial charge is 0.171 e. The van der Waals surface area contributed by atoms with Gasteiger partial charge in [-0.25, -0.2) is 18.3 Å². The van der Waals surface area contributed by atoms with Gasteiger partial charge in [0, 0.05) is 61.4 Å². The number of unbranched alkanes of at least 4 members (excludes halogenated alkanes) is 9. The zero-order valence-electron chi connectivity index (χ0n) is 25.2. The lowest BCUT2D eigenvalue weighted by atomic mass is 10.1. The van der Waals surface area contributed by atoms with Crippen LogP contribution in [0.1, 0.15) is 64.2 Å². The molecule has 4 aromatic rings. The van der Waals surface area contributed by atoms with Gasteiger partial charge in [-0.3, -0.25) is 0 Å². The quantitative estimate of drug-likeness (QED) is 0.126. The fourth-order valence-electron chi connectivity index (χ4n) is 5.43. The topological polar surface area (TPSA) is 56.0 Å². The molecular weight excluding hydrogens is 520 g/mol. The number of aromatic nitrogens is 4. The Morgan fingerprint density at radius 1 is 0.310 bits per heavy atom. The Labute approximate surface area is 252 Å². The summed E-state index contributed by atoms with van der Waals surface area (Å²) in [6.07, 6.45) is 30.1. The van der Waals surface area contributed by atoms with Crippen LogP contribution in [0.25, 0.3) is 22.3 Å². The van der Waals surface area contributed by atoms with Crippen molar-refractivity contribution in [2.24, 2.45) is 0 Å². The van der Waals surface area contributed by atoms with E-state index in [0.717, 1.165) is 13.1 Å². The molecule has 4 aromatic heterocycles. The number of aliphatic hydroxyl groups is 2. The summed E-state index contributed by atoms with van der Waals surface area (Å²) in [7, 11) is 0. The molecule has 0 atom stereocenters. The number of hydrogen-bond acceptors (Lipinski definition) is 2. The minimum atomic E-state index is 0.164. The van der Waals surface area contributed by atoms with Gasteiger partial charge in [-0.05, 0) is 35.1 Å². The maximum Gasteiger partial charge on any atom is 0.171 e. The van der Waals surface area contributed by atoms with E-state index < -0.39 is 0 Å². The van der Waals surface area contributed by atoms with Crippen LogP contribution in [0.5, 0.6) is 0 Å². The molecule has 0 saturated heterocycles. The van der Waals surface area contributed by atoms with Gasteiger partial charge in [-0.15, -0.1) is 0 Å². The maximum absolute atomic E-state index is 9.06. The molecule has 222 valence electrons. The monoisotopic (exact) mass is 570 g/mol. The summed E-state index contributed by atoms with van der Waals surface area (Å²) in [6.45, 7) is 3.77. The summed E-state index contributed by atoms with van der Waals surface area (Å²) < 4.78 is 8.58. The van der Waals surface area contributed by atoms with Crippen molar-refractivity contribution in [1.29, 1.82) is 0 Å². The van der Waals surface area contributed by atoms with Gasteiger partial charge in [-0.2, -0.15) is 0 Å². The molecule has 4 rings (SSSR count). The van der Waals surface area contributed by atoms with E-state index in [4.69, 9.17) is 10.2 Å². The molecule has 0 amide bonds. The first kappa shape index (κ1) is 31.5. The molecule has 42 heavy (non-hydrogen) atoms. The van der Waals surface area contributed by atoms with Gasteiger partial charge < -0.3 is 10.2 Å². The minimum Gasteiger partial charge on any atom is -0.390 e. The highest BCUT2D eigenvalue weighted by molar-refractivity contribution is 5.61. The van der Waals surface area contributed by atoms with Crippen LogP contribution in [0.4, 0.5) is 0 Å². The normalized spacial score (nSPS) is 11.2. The lowest BCUT2D eigenvalue weighted by molar-refractivity contribution is -0.698.